The lowest BCUT2D eigenvalue weighted by atomic mass is 10.2. The zero-order valence-corrected chi connectivity index (χ0v) is 12.0. The number of sulfonamides is 1. The lowest BCUT2D eigenvalue weighted by Crippen LogP contribution is -2.44. The molecule has 0 aromatic rings. The van der Waals surface area contributed by atoms with Crippen LogP contribution in [0.25, 0.3) is 0 Å². The lowest BCUT2D eigenvalue weighted by molar-refractivity contribution is 0.316. The van der Waals surface area contributed by atoms with E-state index in [1.807, 2.05) is 4.31 Å². The Kier molecular flexibility index (Phi) is 5.04. The summed E-state index contributed by atoms with van der Waals surface area (Å²) < 4.78 is 27.2. The van der Waals surface area contributed by atoms with Crippen molar-refractivity contribution in [2.24, 2.45) is 5.73 Å². The lowest BCUT2D eigenvalue weighted by Gasteiger charge is -2.30. The molecule has 0 heterocycles. The number of nitrogens with zero attached hydrogens (tertiary/aromatic N) is 1. The van der Waals surface area contributed by atoms with E-state index < -0.39 is 10.0 Å². The average molecular weight is 274 g/mol. The molecule has 18 heavy (non-hydrogen) atoms. The molecule has 0 saturated heterocycles. The zero-order chi connectivity index (χ0) is 13.0. The molecule has 0 unspecified atom stereocenters. The van der Waals surface area contributed by atoms with Crippen molar-refractivity contribution in [3.63, 3.8) is 0 Å². The van der Waals surface area contributed by atoms with Crippen LogP contribution in [-0.2, 0) is 10.0 Å². The normalized spacial score (nSPS) is 23.2. The summed E-state index contributed by atoms with van der Waals surface area (Å²) in [4.78, 5) is 0. The molecule has 0 bridgehead atoms. The van der Waals surface area contributed by atoms with Crippen LogP contribution in [-0.4, -0.2) is 37.1 Å². The molecule has 0 atom stereocenters. The molecule has 0 amide bonds. The second kappa shape index (κ2) is 6.35. The first-order valence-corrected chi connectivity index (χ1v) is 8.87. The third-order valence-electron chi connectivity index (χ3n) is 4.36. The SMILES string of the molecule is NCCCN(C1CCCC1)S(=O)(=O)C1CCCC1. The monoisotopic (exact) mass is 274 g/mol. The molecule has 5 heteroatoms. The Morgan fingerprint density at radius 2 is 1.56 bits per heavy atom. The summed E-state index contributed by atoms with van der Waals surface area (Å²) in [5, 5.41) is -0.115. The molecule has 2 saturated carbocycles. The minimum absolute atomic E-state index is 0.115. The number of rotatable bonds is 6. The maximum atomic E-state index is 12.7. The maximum Gasteiger partial charge on any atom is 0.217 e. The fourth-order valence-corrected chi connectivity index (χ4v) is 5.66. The van der Waals surface area contributed by atoms with Crippen LogP contribution < -0.4 is 5.73 Å². The van der Waals surface area contributed by atoms with Crippen LogP contribution in [0.4, 0.5) is 0 Å². The van der Waals surface area contributed by atoms with Crippen molar-refractivity contribution in [1.29, 1.82) is 0 Å². The van der Waals surface area contributed by atoms with Crippen molar-refractivity contribution in [2.75, 3.05) is 13.1 Å². The molecule has 0 aromatic carbocycles. The van der Waals surface area contributed by atoms with Gasteiger partial charge >= 0.3 is 0 Å². The van der Waals surface area contributed by atoms with Crippen molar-refractivity contribution >= 4 is 10.0 Å². The van der Waals surface area contributed by atoms with Gasteiger partial charge in [0, 0.05) is 12.6 Å². The summed E-state index contributed by atoms with van der Waals surface area (Å²) in [6, 6.07) is 0.252. The average Bonchev–Trinajstić information content (AvgIpc) is 3.02. The Morgan fingerprint density at radius 1 is 1.00 bits per heavy atom. The fraction of sp³-hybridized carbons (Fsp3) is 1.00. The Morgan fingerprint density at radius 3 is 2.11 bits per heavy atom. The third kappa shape index (κ3) is 3.06. The zero-order valence-electron chi connectivity index (χ0n) is 11.2. The van der Waals surface area contributed by atoms with Crippen LogP contribution >= 0.6 is 0 Å². The smallest absolute Gasteiger partial charge is 0.217 e. The fourth-order valence-electron chi connectivity index (χ4n) is 3.33. The van der Waals surface area contributed by atoms with Gasteiger partial charge in [0.25, 0.3) is 0 Å². The predicted octanol–water partition coefficient (Wildman–Crippen LogP) is 1.85. The molecule has 106 valence electrons. The molecule has 4 nitrogen and oxygen atoms in total. The van der Waals surface area contributed by atoms with E-state index >= 15 is 0 Å². The van der Waals surface area contributed by atoms with Crippen LogP contribution in [0, 0.1) is 0 Å². The quantitative estimate of drug-likeness (QED) is 0.804. The highest BCUT2D eigenvalue weighted by atomic mass is 32.2. The highest BCUT2D eigenvalue weighted by Crippen LogP contribution is 2.32. The van der Waals surface area contributed by atoms with Gasteiger partial charge in [0.05, 0.1) is 5.25 Å². The second-order valence-corrected chi connectivity index (χ2v) is 7.81. The van der Waals surface area contributed by atoms with E-state index in [1.165, 1.54) is 12.8 Å². The van der Waals surface area contributed by atoms with Crippen LogP contribution in [0.2, 0.25) is 0 Å². The molecule has 2 N–H and O–H groups in total. The first-order valence-electron chi connectivity index (χ1n) is 7.37. The Hall–Kier alpha value is -0.130. The van der Waals surface area contributed by atoms with E-state index in [9.17, 15) is 8.42 Å². The number of hydrogen-bond acceptors (Lipinski definition) is 3. The highest BCUT2D eigenvalue weighted by molar-refractivity contribution is 7.89. The van der Waals surface area contributed by atoms with Crippen molar-refractivity contribution in [1.82, 2.24) is 4.31 Å². The summed E-state index contributed by atoms with van der Waals surface area (Å²) in [5.41, 5.74) is 5.55. The molecule has 0 spiro atoms. The first kappa shape index (κ1) is 14.3. The first-order chi connectivity index (χ1) is 8.66. The van der Waals surface area contributed by atoms with E-state index in [1.54, 1.807) is 0 Å². The number of nitrogens with two attached hydrogens (primary N) is 1. The maximum absolute atomic E-state index is 12.7. The van der Waals surface area contributed by atoms with Crippen molar-refractivity contribution in [3.8, 4) is 0 Å². The minimum atomic E-state index is -3.08. The van der Waals surface area contributed by atoms with E-state index in [4.69, 9.17) is 5.73 Å². The van der Waals surface area contributed by atoms with Crippen molar-refractivity contribution < 1.29 is 8.42 Å². The summed E-state index contributed by atoms with van der Waals surface area (Å²) in [5.74, 6) is 0. The molecule has 2 aliphatic carbocycles. The van der Waals surface area contributed by atoms with E-state index in [-0.39, 0.29) is 11.3 Å². The third-order valence-corrected chi connectivity index (χ3v) is 6.81. The molecule has 0 aliphatic heterocycles. The van der Waals surface area contributed by atoms with Gasteiger partial charge in [0.15, 0.2) is 0 Å². The van der Waals surface area contributed by atoms with Crippen LogP contribution in [0.1, 0.15) is 57.8 Å². The topological polar surface area (TPSA) is 63.4 Å². The molecule has 0 aromatic heterocycles. The van der Waals surface area contributed by atoms with Gasteiger partial charge in [-0.3, -0.25) is 0 Å². The largest absolute Gasteiger partial charge is 0.330 e. The van der Waals surface area contributed by atoms with Crippen LogP contribution in [0.3, 0.4) is 0 Å². The van der Waals surface area contributed by atoms with E-state index in [2.05, 4.69) is 0 Å². The Balaban J connectivity index is 2.10. The van der Waals surface area contributed by atoms with Gasteiger partial charge in [0.2, 0.25) is 10.0 Å². The van der Waals surface area contributed by atoms with Gasteiger partial charge in [-0.05, 0) is 38.6 Å². The molecular formula is C13H26N2O2S. The van der Waals surface area contributed by atoms with Gasteiger partial charge in [-0.1, -0.05) is 25.7 Å². The molecule has 2 rings (SSSR count). The predicted molar refractivity (Wildman–Crippen MR) is 73.8 cm³/mol. The molecule has 2 fully saturated rings. The standard InChI is InChI=1S/C13H26N2O2S/c14-10-5-11-15(12-6-1-2-7-12)18(16,17)13-8-3-4-9-13/h12-13H,1-11,14H2. The summed E-state index contributed by atoms with van der Waals surface area (Å²) in [6.45, 7) is 1.20. The van der Waals surface area contributed by atoms with E-state index in [0.717, 1.165) is 44.9 Å². The van der Waals surface area contributed by atoms with Crippen molar-refractivity contribution in [2.45, 2.75) is 69.1 Å². The minimum Gasteiger partial charge on any atom is -0.330 e. The van der Waals surface area contributed by atoms with Gasteiger partial charge < -0.3 is 5.73 Å². The van der Waals surface area contributed by atoms with Gasteiger partial charge in [-0.25, -0.2) is 8.42 Å². The second-order valence-electron chi connectivity index (χ2n) is 5.64. The van der Waals surface area contributed by atoms with E-state index in [0.29, 0.717) is 13.1 Å². The number of hydrogen-bond donors (Lipinski definition) is 1. The van der Waals surface area contributed by atoms with Crippen LogP contribution in [0.5, 0.6) is 0 Å². The van der Waals surface area contributed by atoms with Crippen LogP contribution in [0.15, 0.2) is 0 Å². The highest BCUT2D eigenvalue weighted by Gasteiger charge is 2.38. The Labute approximate surface area is 111 Å². The van der Waals surface area contributed by atoms with Crippen molar-refractivity contribution in [3.05, 3.63) is 0 Å². The molecule has 0 radical (unpaired) electrons. The summed E-state index contributed by atoms with van der Waals surface area (Å²) in [6.07, 6.45) is 9.05. The van der Waals surface area contributed by atoms with Gasteiger partial charge in [0.1, 0.15) is 0 Å². The van der Waals surface area contributed by atoms with Gasteiger partial charge in [-0.2, -0.15) is 4.31 Å². The molecular weight excluding hydrogens is 248 g/mol. The van der Waals surface area contributed by atoms with Gasteiger partial charge in [-0.15, -0.1) is 0 Å². The molecule has 2 aliphatic rings. The Bertz CT molecular complexity index is 344. The summed E-state index contributed by atoms with van der Waals surface area (Å²) in [7, 11) is -3.08. The summed E-state index contributed by atoms with van der Waals surface area (Å²) >= 11 is 0.